The lowest BCUT2D eigenvalue weighted by Crippen LogP contribution is -2.56. The zero-order valence-electron chi connectivity index (χ0n) is 26.7. The van der Waals surface area contributed by atoms with Gasteiger partial charge >= 0.3 is 6.03 Å². The van der Waals surface area contributed by atoms with Crippen molar-refractivity contribution in [2.24, 2.45) is 4.99 Å². The summed E-state index contributed by atoms with van der Waals surface area (Å²) in [5, 5.41) is 10.1. The van der Waals surface area contributed by atoms with Crippen LogP contribution >= 0.6 is 0 Å². The summed E-state index contributed by atoms with van der Waals surface area (Å²) in [5.41, 5.74) is 1.88. The van der Waals surface area contributed by atoms with Crippen LogP contribution in [0.2, 0.25) is 0 Å². The van der Waals surface area contributed by atoms with Crippen LogP contribution in [-0.4, -0.2) is 82.5 Å². The van der Waals surface area contributed by atoms with Gasteiger partial charge in [0.1, 0.15) is 17.6 Å². The Hall–Kier alpha value is -4.05. The molecule has 0 aliphatic carbocycles. The minimum atomic E-state index is -3.09. The molecule has 242 valence electrons. The molecule has 2 aliphatic heterocycles. The Labute approximate surface area is 264 Å². The summed E-state index contributed by atoms with van der Waals surface area (Å²) in [6.07, 6.45) is 5.85. The quantitative estimate of drug-likeness (QED) is 0.315. The number of aliphatic hydroxyl groups is 1. The van der Waals surface area contributed by atoms with Crippen molar-refractivity contribution < 1.29 is 28.2 Å². The molecule has 3 unspecified atom stereocenters. The van der Waals surface area contributed by atoms with Gasteiger partial charge in [-0.05, 0) is 43.5 Å². The Balaban J connectivity index is 1.90. The second-order valence-corrected chi connectivity index (χ2v) is 11.4. The van der Waals surface area contributed by atoms with E-state index in [4.69, 9.17) is 9.73 Å². The van der Waals surface area contributed by atoms with Crippen molar-refractivity contribution in [3.8, 4) is 5.75 Å². The number of aliphatic hydroxyl groups excluding tert-OH is 1. The van der Waals surface area contributed by atoms with Gasteiger partial charge in [0.2, 0.25) is 5.91 Å². The first-order valence-corrected chi connectivity index (χ1v) is 15.7. The standard InChI is InChI=1S/C35H44F2N4O4/c1-6-12-26(16-15-24(4)42)32-31(25-13-10-9-11-14-25)38-33(28-18-17-27(35(5,36)37)23-29(28)45-8-3)41(32)34(44)40-21-19-39(20-22-40)30(43)7-2/h9-18,23-24,31-32,42H,6-8,19-22H2,1-5H3/b16-15-,26-12+. The molecule has 0 saturated carbocycles. The lowest BCUT2D eigenvalue weighted by atomic mass is 9.92. The first-order valence-electron chi connectivity index (χ1n) is 15.7. The molecule has 8 nitrogen and oxygen atoms in total. The highest BCUT2D eigenvalue weighted by atomic mass is 19.3. The summed E-state index contributed by atoms with van der Waals surface area (Å²) in [6.45, 7) is 9.81. The SMILES string of the molecule is CC/C=C(\C=C/C(C)O)C1C(c2ccccc2)N=C(c2ccc(C(C)(F)F)cc2OCC)N1C(=O)N1CCN(C(=O)CC)CC1. The second kappa shape index (κ2) is 14.8. The summed E-state index contributed by atoms with van der Waals surface area (Å²) in [6, 6.07) is 12.4. The fraction of sp³-hybridized carbons (Fsp3) is 0.457. The third kappa shape index (κ3) is 7.79. The zero-order valence-corrected chi connectivity index (χ0v) is 26.7. The number of carbonyl (C=O) groups is 2. The number of allylic oxidation sites excluding steroid dienone is 1. The van der Waals surface area contributed by atoms with E-state index in [-0.39, 0.29) is 29.9 Å². The number of hydrogen-bond acceptors (Lipinski definition) is 5. The fourth-order valence-electron chi connectivity index (χ4n) is 5.74. The van der Waals surface area contributed by atoms with Gasteiger partial charge in [-0.2, -0.15) is 0 Å². The van der Waals surface area contributed by atoms with Crippen LogP contribution in [0.4, 0.5) is 13.6 Å². The van der Waals surface area contributed by atoms with Crippen LogP contribution in [0.15, 0.2) is 77.3 Å². The Morgan fingerprint density at radius 3 is 2.31 bits per heavy atom. The first-order chi connectivity index (χ1) is 21.5. The van der Waals surface area contributed by atoms with Gasteiger partial charge in [0, 0.05) is 45.1 Å². The number of amides is 3. The number of hydrogen-bond donors (Lipinski definition) is 1. The van der Waals surface area contributed by atoms with Crippen LogP contribution in [0.5, 0.6) is 5.75 Å². The van der Waals surface area contributed by atoms with Gasteiger partial charge in [-0.1, -0.05) is 68.5 Å². The van der Waals surface area contributed by atoms with Crippen molar-refractivity contribution >= 4 is 17.8 Å². The van der Waals surface area contributed by atoms with Gasteiger partial charge in [0.05, 0.1) is 24.3 Å². The average Bonchev–Trinajstić information content (AvgIpc) is 3.42. The third-order valence-corrected chi connectivity index (χ3v) is 8.00. The van der Waals surface area contributed by atoms with E-state index in [1.54, 1.807) is 40.7 Å². The van der Waals surface area contributed by atoms with Crippen LogP contribution in [0.1, 0.15) is 70.2 Å². The van der Waals surface area contributed by atoms with Crippen molar-refractivity contribution in [1.29, 1.82) is 0 Å². The summed E-state index contributed by atoms with van der Waals surface area (Å²) < 4.78 is 34.7. The molecular formula is C35H44F2N4O4. The maximum absolute atomic E-state index is 14.7. The molecule has 1 N–H and O–H groups in total. The molecule has 4 rings (SSSR count). The number of benzene rings is 2. The van der Waals surface area contributed by atoms with Gasteiger partial charge < -0.3 is 19.6 Å². The number of carbonyl (C=O) groups excluding carboxylic acids is 2. The molecule has 2 aromatic carbocycles. The summed E-state index contributed by atoms with van der Waals surface area (Å²) >= 11 is 0. The number of nitrogens with zero attached hydrogens (tertiary/aromatic N) is 4. The third-order valence-electron chi connectivity index (χ3n) is 8.00. The fourth-order valence-corrected chi connectivity index (χ4v) is 5.74. The number of alkyl halides is 2. The number of halogens is 2. The number of piperazine rings is 1. The summed E-state index contributed by atoms with van der Waals surface area (Å²) in [5.74, 6) is -2.53. The van der Waals surface area contributed by atoms with E-state index < -0.39 is 24.1 Å². The van der Waals surface area contributed by atoms with Gasteiger partial charge in [0.25, 0.3) is 5.92 Å². The Kier molecular flexibility index (Phi) is 11.1. The molecule has 45 heavy (non-hydrogen) atoms. The van der Waals surface area contributed by atoms with Crippen LogP contribution in [0, 0.1) is 0 Å². The van der Waals surface area contributed by atoms with Crippen molar-refractivity contribution in [2.75, 3.05) is 32.8 Å². The van der Waals surface area contributed by atoms with E-state index in [1.165, 1.54) is 12.1 Å². The molecule has 1 fully saturated rings. The van der Waals surface area contributed by atoms with Crippen molar-refractivity contribution in [2.45, 2.75) is 71.6 Å². The largest absolute Gasteiger partial charge is 0.493 e. The van der Waals surface area contributed by atoms with E-state index in [0.29, 0.717) is 50.4 Å². The van der Waals surface area contributed by atoms with Crippen molar-refractivity contribution in [1.82, 2.24) is 14.7 Å². The highest BCUT2D eigenvalue weighted by Gasteiger charge is 2.45. The zero-order chi connectivity index (χ0) is 32.7. The van der Waals surface area contributed by atoms with E-state index in [2.05, 4.69) is 0 Å². The minimum absolute atomic E-state index is 0.0399. The monoisotopic (exact) mass is 622 g/mol. The van der Waals surface area contributed by atoms with Crippen molar-refractivity contribution in [3.05, 3.63) is 89.0 Å². The molecule has 0 bridgehead atoms. The molecule has 3 atom stereocenters. The molecule has 2 aromatic rings. The number of aliphatic imine (C=N–C) groups is 1. The number of urea groups is 1. The predicted molar refractivity (Wildman–Crippen MR) is 172 cm³/mol. The number of amidine groups is 1. The summed E-state index contributed by atoms with van der Waals surface area (Å²) in [7, 11) is 0. The Bertz CT molecular complexity index is 1430. The van der Waals surface area contributed by atoms with E-state index in [9.17, 15) is 23.5 Å². The lowest BCUT2D eigenvalue weighted by molar-refractivity contribution is -0.132. The first kappa shape index (κ1) is 33.8. The van der Waals surface area contributed by atoms with E-state index in [0.717, 1.165) is 18.1 Å². The van der Waals surface area contributed by atoms with Gasteiger partial charge in [0.15, 0.2) is 0 Å². The van der Waals surface area contributed by atoms with Gasteiger partial charge in [-0.3, -0.25) is 14.7 Å². The molecule has 0 aromatic heterocycles. The van der Waals surface area contributed by atoms with Gasteiger partial charge in [-0.25, -0.2) is 13.6 Å². The van der Waals surface area contributed by atoms with Crippen molar-refractivity contribution in [3.63, 3.8) is 0 Å². The Morgan fingerprint density at radius 2 is 1.73 bits per heavy atom. The minimum Gasteiger partial charge on any atom is -0.493 e. The predicted octanol–water partition coefficient (Wildman–Crippen LogP) is 6.32. The van der Waals surface area contributed by atoms with Crippen LogP contribution in [-0.2, 0) is 10.7 Å². The molecular weight excluding hydrogens is 578 g/mol. The average molecular weight is 623 g/mol. The van der Waals surface area contributed by atoms with Crippen LogP contribution < -0.4 is 4.74 Å². The molecule has 1 saturated heterocycles. The Morgan fingerprint density at radius 1 is 1.07 bits per heavy atom. The second-order valence-electron chi connectivity index (χ2n) is 11.4. The smallest absolute Gasteiger partial charge is 0.326 e. The topological polar surface area (TPSA) is 85.7 Å². The molecule has 2 aliphatic rings. The van der Waals surface area contributed by atoms with Gasteiger partial charge in [-0.15, -0.1) is 0 Å². The molecule has 3 amide bonds. The molecule has 0 spiro atoms. The number of ether oxygens (including phenoxy) is 1. The summed E-state index contributed by atoms with van der Waals surface area (Å²) in [4.78, 5) is 37.3. The van der Waals surface area contributed by atoms with E-state index >= 15 is 0 Å². The van der Waals surface area contributed by atoms with Crippen LogP contribution in [0.3, 0.4) is 0 Å². The van der Waals surface area contributed by atoms with Crippen LogP contribution in [0.25, 0.3) is 0 Å². The molecule has 2 heterocycles. The highest BCUT2D eigenvalue weighted by Crippen LogP contribution is 2.41. The lowest BCUT2D eigenvalue weighted by Gasteiger charge is -2.39. The maximum atomic E-state index is 14.7. The molecule has 0 radical (unpaired) electrons. The highest BCUT2D eigenvalue weighted by molar-refractivity contribution is 6.11. The molecule has 10 heteroatoms. The van der Waals surface area contributed by atoms with E-state index in [1.807, 2.05) is 56.3 Å². The number of rotatable bonds is 10. The maximum Gasteiger partial charge on any atom is 0.326 e. The normalized spacial score (nSPS) is 20.0.